The van der Waals surface area contributed by atoms with Crippen molar-refractivity contribution in [3.05, 3.63) is 40.0 Å². The fourth-order valence-electron chi connectivity index (χ4n) is 3.58. The molecule has 2 aliphatic rings. The van der Waals surface area contributed by atoms with E-state index in [1.54, 1.807) is 0 Å². The van der Waals surface area contributed by atoms with Gasteiger partial charge in [0.2, 0.25) is 0 Å². The van der Waals surface area contributed by atoms with Crippen molar-refractivity contribution in [1.29, 1.82) is 0 Å². The lowest BCUT2D eigenvalue weighted by atomic mass is 10.0. The fourth-order valence-corrected chi connectivity index (χ4v) is 3.75. The molecule has 23 heavy (non-hydrogen) atoms. The second kappa shape index (κ2) is 6.17. The maximum Gasteiger partial charge on any atom is 0.133 e. The van der Waals surface area contributed by atoms with E-state index in [0.717, 1.165) is 60.2 Å². The third-order valence-corrected chi connectivity index (χ3v) is 5.27. The lowest BCUT2D eigenvalue weighted by Crippen LogP contribution is -2.08. The number of anilines is 1. The van der Waals surface area contributed by atoms with Gasteiger partial charge in [-0.1, -0.05) is 17.7 Å². The van der Waals surface area contributed by atoms with Gasteiger partial charge in [-0.25, -0.2) is 4.68 Å². The Kier molecular flexibility index (Phi) is 4.04. The number of aromatic nitrogens is 2. The van der Waals surface area contributed by atoms with Crippen LogP contribution in [0.1, 0.15) is 48.6 Å². The maximum atomic E-state index is 6.33. The average Bonchev–Trinajstić information content (AvgIpc) is 3.12. The number of hydrogen-bond acceptors (Lipinski definition) is 3. The molecular formula is C18H22ClN3O. The van der Waals surface area contributed by atoms with Crippen molar-refractivity contribution in [3.8, 4) is 5.69 Å². The van der Waals surface area contributed by atoms with E-state index in [4.69, 9.17) is 21.4 Å². The summed E-state index contributed by atoms with van der Waals surface area (Å²) >= 11 is 6.33. The van der Waals surface area contributed by atoms with E-state index in [9.17, 15) is 0 Å². The molecule has 1 aromatic carbocycles. The summed E-state index contributed by atoms with van der Waals surface area (Å²) < 4.78 is 7.96. The molecule has 0 amide bonds. The molecule has 1 saturated heterocycles. The number of rotatable bonds is 2. The highest BCUT2D eigenvalue weighted by Gasteiger charge is 2.29. The Balaban J connectivity index is 1.87. The highest BCUT2D eigenvalue weighted by molar-refractivity contribution is 6.31. The van der Waals surface area contributed by atoms with Gasteiger partial charge < -0.3 is 10.1 Å². The summed E-state index contributed by atoms with van der Waals surface area (Å²) in [6.45, 7) is 3.88. The van der Waals surface area contributed by atoms with Crippen LogP contribution in [0.4, 0.5) is 5.82 Å². The van der Waals surface area contributed by atoms with Crippen molar-refractivity contribution in [3.63, 3.8) is 0 Å². The van der Waals surface area contributed by atoms with Crippen LogP contribution < -0.4 is 5.32 Å². The Morgan fingerprint density at radius 1 is 1.30 bits per heavy atom. The highest BCUT2D eigenvalue weighted by atomic mass is 35.5. The minimum absolute atomic E-state index is 0.143. The Morgan fingerprint density at radius 3 is 3.04 bits per heavy atom. The van der Waals surface area contributed by atoms with Gasteiger partial charge in [0, 0.05) is 23.7 Å². The Hall–Kier alpha value is -1.52. The number of fused-ring (bicyclic) bond motifs is 1. The van der Waals surface area contributed by atoms with Crippen LogP contribution in [0.5, 0.6) is 0 Å². The van der Waals surface area contributed by atoms with Crippen molar-refractivity contribution in [2.24, 2.45) is 0 Å². The lowest BCUT2D eigenvalue weighted by Gasteiger charge is -2.12. The molecule has 1 atom stereocenters. The molecule has 2 aliphatic heterocycles. The molecule has 4 rings (SSSR count). The normalized spacial score (nSPS) is 20.9. The molecule has 1 N–H and O–H groups in total. The van der Waals surface area contributed by atoms with Crippen molar-refractivity contribution in [2.45, 2.75) is 45.1 Å². The minimum Gasteiger partial charge on any atom is -0.372 e. The second-order valence-electron chi connectivity index (χ2n) is 6.39. The van der Waals surface area contributed by atoms with Crippen molar-refractivity contribution < 1.29 is 4.74 Å². The van der Waals surface area contributed by atoms with Crippen LogP contribution in [0.2, 0.25) is 5.02 Å². The van der Waals surface area contributed by atoms with Gasteiger partial charge >= 0.3 is 0 Å². The minimum atomic E-state index is 0.143. The van der Waals surface area contributed by atoms with Crippen LogP contribution >= 0.6 is 11.6 Å². The van der Waals surface area contributed by atoms with E-state index < -0.39 is 0 Å². The molecule has 1 fully saturated rings. The van der Waals surface area contributed by atoms with Crippen molar-refractivity contribution >= 4 is 17.4 Å². The maximum absolute atomic E-state index is 6.33. The van der Waals surface area contributed by atoms with E-state index in [2.05, 4.69) is 11.4 Å². The summed E-state index contributed by atoms with van der Waals surface area (Å²) in [5, 5.41) is 9.32. The standard InChI is InChI=1S/C18H22ClN3O/c1-12-14(19)7-4-8-15(12)22-18-13(6-2-3-10-20-18)17(21-22)16-9-5-11-23-16/h4,7-8,16,20H,2-3,5-6,9-11H2,1H3. The summed E-state index contributed by atoms with van der Waals surface area (Å²) in [5.41, 5.74) is 4.55. The van der Waals surface area contributed by atoms with Gasteiger partial charge in [0.25, 0.3) is 0 Å². The molecule has 0 bridgehead atoms. The summed E-state index contributed by atoms with van der Waals surface area (Å²) in [6.07, 6.45) is 5.78. The molecule has 1 unspecified atom stereocenters. The SMILES string of the molecule is Cc1c(Cl)cccc1-n1nc(C2CCCO2)c2c1NCCCC2. The Labute approximate surface area is 141 Å². The van der Waals surface area contributed by atoms with Crippen LogP contribution in [0.3, 0.4) is 0 Å². The first-order chi connectivity index (χ1) is 11.3. The van der Waals surface area contributed by atoms with Gasteiger partial charge in [-0.3, -0.25) is 0 Å². The summed E-state index contributed by atoms with van der Waals surface area (Å²) in [4.78, 5) is 0. The first-order valence-electron chi connectivity index (χ1n) is 8.48. The van der Waals surface area contributed by atoms with Crippen LogP contribution in [0.25, 0.3) is 5.69 Å². The van der Waals surface area contributed by atoms with Crippen LogP contribution in [-0.2, 0) is 11.2 Å². The molecular weight excluding hydrogens is 310 g/mol. The van der Waals surface area contributed by atoms with Gasteiger partial charge in [0.05, 0.1) is 11.4 Å². The molecule has 3 heterocycles. The largest absolute Gasteiger partial charge is 0.372 e. The van der Waals surface area contributed by atoms with Crippen LogP contribution in [0.15, 0.2) is 18.2 Å². The first kappa shape index (κ1) is 15.0. The summed E-state index contributed by atoms with van der Waals surface area (Å²) in [6, 6.07) is 6.00. The lowest BCUT2D eigenvalue weighted by molar-refractivity contribution is 0.107. The highest BCUT2D eigenvalue weighted by Crippen LogP contribution is 2.37. The zero-order chi connectivity index (χ0) is 15.8. The van der Waals surface area contributed by atoms with E-state index in [1.165, 1.54) is 18.4 Å². The third-order valence-electron chi connectivity index (χ3n) is 4.86. The van der Waals surface area contributed by atoms with Gasteiger partial charge in [-0.2, -0.15) is 5.10 Å². The average molecular weight is 332 g/mol. The summed E-state index contributed by atoms with van der Waals surface area (Å²) in [5.74, 6) is 1.12. The molecule has 0 aliphatic carbocycles. The van der Waals surface area contributed by atoms with E-state index in [0.29, 0.717) is 0 Å². The van der Waals surface area contributed by atoms with Crippen molar-refractivity contribution in [2.75, 3.05) is 18.5 Å². The number of benzene rings is 1. The zero-order valence-corrected chi connectivity index (χ0v) is 14.2. The Morgan fingerprint density at radius 2 is 2.22 bits per heavy atom. The molecule has 2 aromatic rings. The smallest absolute Gasteiger partial charge is 0.133 e. The predicted molar refractivity (Wildman–Crippen MR) is 92.7 cm³/mol. The number of ether oxygens (including phenoxy) is 1. The molecule has 5 heteroatoms. The Bertz CT molecular complexity index is 719. The number of halogens is 1. The van der Waals surface area contributed by atoms with Gasteiger partial charge in [-0.05, 0) is 56.7 Å². The first-order valence-corrected chi connectivity index (χ1v) is 8.86. The third kappa shape index (κ3) is 2.64. The quantitative estimate of drug-likeness (QED) is 0.884. The van der Waals surface area contributed by atoms with Gasteiger partial charge in [-0.15, -0.1) is 0 Å². The number of nitrogens with one attached hydrogen (secondary N) is 1. The predicted octanol–water partition coefficient (Wildman–Crippen LogP) is 4.43. The van der Waals surface area contributed by atoms with Gasteiger partial charge in [0.15, 0.2) is 0 Å². The second-order valence-corrected chi connectivity index (χ2v) is 6.80. The molecule has 0 saturated carbocycles. The van der Waals surface area contributed by atoms with E-state index in [-0.39, 0.29) is 6.10 Å². The molecule has 1 aromatic heterocycles. The van der Waals surface area contributed by atoms with Gasteiger partial charge in [0.1, 0.15) is 11.9 Å². The fraction of sp³-hybridized carbons (Fsp3) is 0.500. The topological polar surface area (TPSA) is 39.1 Å². The molecule has 0 radical (unpaired) electrons. The molecule has 122 valence electrons. The summed E-state index contributed by atoms with van der Waals surface area (Å²) in [7, 11) is 0. The van der Waals surface area contributed by atoms with E-state index >= 15 is 0 Å². The monoisotopic (exact) mass is 331 g/mol. The van der Waals surface area contributed by atoms with Crippen LogP contribution in [0, 0.1) is 6.92 Å². The zero-order valence-electron chi connectivity index (χ0n) is 13.4. The van der Waals surface area contributed by atoms with E-state index in [1.807, 2.05) is 23.7 Å². The molecule has 4 nitrogen and oxygen atoms in total. The van der Waals surface area contributed by atoms with Crippen LogP contribution in [-0.4, -0.2) is 22.9 Å². The molecule has 0 spiro atoms. The number of hydrogen-bond donors (Lipinski definition) is 1. The number of nitrogens with zero attached hydrogens (tertiary/aromatic N) is 2. The van der Waals surface area contributed by atoms with Crippen molar-refractivity contribution in [1.82, 2.24) is 9.78 Å².